The van der Waals surface area contributed by atoms with Gasteiger partial charge in [-0.3, -0.25) is 0 Å². The first kappa shape index (κ1) is 16.8. The van der Waals surface area contributed by atoms with E-state index < -0.39 is 16.0 Å². The lowest BCUT2D eigenvalue weighted by Gasteiger charge is -2.13. The van der Waals surface area contributed by atoms with Crippen LogP contribution in [0.1, 0.15) is 22.3 Å². The van der Waals surface area contributed by atoms with Crippen LogP contribution in [0.4, 0.5) is 0 Å². The van der Waals surface area contributed by atoms with Gasteiger partial charge in [-0.25, -0.2) is 17.9 Å². The molecule has 1 fully saturated rings. The fourth-order valence-electron chi connectivity index (χ4n) is 2.11. The summed E-state index contributed by atoms with van der Waals surface area (Å²) in [5, 5.41) is 9.06. The summed E-state index contributed by atoms with van der Waals surface area (Å²) in [5.74, 6) is 1.21. The first-order valence-corrected chi connectivity index (χ1v) is 9.85. The second kappa shape index (κ2) is 6.68. The smallest absolute Gasteiger partial charge is 0.335 e. The van der Waals surface area contributed by atoms with Crippen LogP contribution in [0.5, 0.6) is 0 Å². The molecule has 2 rings (SSSR count). The zero-order valence-corrected chi connectivity index (χ0v) is 14.6. The van der Waals surface area contributed by atoms with E-state index in [9.17, 15) is 13.2 Å². The third-order valence-corrected chi connectivity index (χ3v) is 7.34. The molecule has 5 nitrogen and oxygen atoms in total. The minimum atomic E-state index is -3.73. The molecule has 1 aliphatic rings. The predicted molar refractivity (Wildman–Crippen MR) is 86.5 cm³/mol. The van der Waals surface area contributed by atoms with Crippen LogP contribution in [-0.2, 0) is 10.0 Å². The summed E-state index contributed by atoms with van der Waals surface area (Å²) >= 11 is 5.06. The number of aryl methyl sites for hydroxylation is 1. The molecule has 8 heteroatoms. The molecule has 1 unspecified atom stereocenters. The van der Waals surface area contributed by atoms with Crippen LogP contribution >= 0.6 is 27.7 Å². The number of rotatable bonds is 5. The maximum Gasteiger partial charge on any atom is 0.335 e. The third-order valence-electron chi connectivity index (χ3n) is 3.34. The molecule has 1 heterocycles. The highest BCUT2D eigenvalue weighted by Gasteiger charge is 2.24. The number of halogens is 1. The fourth-order valence-corrected chi connectivity index (χ4v) is 5.55. The largest absolute Gasteiger partial charge is 0.478 e. The highest BCUT2D eigenvalue weighted by atomic mass is 79.9. The van der Waals surface area contributed by atoms with Crippen LogP contribution in [-0.4, -0.2) is 37.5 Å². The van der Waals surface area contributed by atoms with E-state index in [1.165, 1.54) is 12.1 Å². The monoisotopic (exact) mass is 393 g/mol. The molecule has 1 saturated heterocycles. The van der Waals surface area contributed by atoms with E-state index in [0.717, 1.165) is 17.9 Å². The number of sulfonamides is 1. The van der Waals surface area contributed by atoms with Gasteiger partial charge in [-0.05, 0) is 64.4 Å². The predicted octanol–water partition coefficient (Wildman–Crippen LogP) is 2.49. The van der Waals surface area contributed by atoms with Crippen LogP contribution in [0.15, 0.2) is 21.5 Å². The molecular weight excluding hydrogens is 378 g/mol. The van der Waals surface area contributed by atoms with Gasteiger partial charge in [-0.15, -0.1) is 0 Å². The standard InChI is InChI=1S/C13H16BrNO4S2/c1-8-4-10(13(16)17)5-11(12(8)14)21(18,19)15-6-9-2-3-20-7-9/h4-5,9,15H,2-3,6-7H2,1H3,(H,16,17). The van der Waals surface area contributed by atoms with Crippen molar-refractivity contribution in [2.75, 3.05) is 18.1 Å². The Morgan fingerprint density at radius 1 is 1.52 bits per heavy atom. The van der Waals surface area contributed by atoms with Gasteiger partial charge in [0.2, 0.25) is 10.0 Å². The minimum Gasteiger partial charge on any atom is -0.478 e. The Labute approximate surface area is 136 Å². The van der Waals surface area contributed by atoms with Gasteiger partial charge < -0.3 is 5.11 Å². The first-order valence-electron chi connectivity index (χ1n) is 6.42. The summed E-state index contributed by atoms with van der Waals surface area (Å²) in [7, 11) is -3.73. The molecule has 116 valence electrons. The van der Waals surface area contributed by atoms with Gasteiger partial charge >= 0.3 is 5.97 Å². The number of aromatic carboxylic acids is 1. The lowest BCUT2D eigenvalue weighted by Crippen LogP contribution is -2.30. The van der Waals surface area contributed by atoms with Gasteiger partial charge in [0, 0.05) is 11.0 Å². The second-order valence-electron chi connectivity index (χ2n) is 4.99. The quantitative estimate of drug-likeness (QED) is 0.802. The number of hydrogen-bond donors (Lipinski definition) is 2. The van der Waals surface area contributed by atoms with Crippen molar-refractivity contribution in [3.05, 3.63) is 27.7 Å². The van der Waals surface area contributed by atoms with Gasteiger partial charge in [-0.1, -0.05) is 0 Å². The number of carbonyl (C=O) groups is 1. The van der Waals surface area contributed by atoms with E-state index in [4.69, 9.17) is 5.11 Å². The van der Waals surface area contributed by atoms with Crippen molar-refractivity contribution in [1.82, 2.24) is 4.72 Å². The molecule has 1 aliphatic heterocycles. The average molecular weight is 394 g/mol. The fraction of sp³-hybridized carbons (Fsp3) is 0.462. The average Bonchev–Trinajstić information content (AvgIpc) is 2.92. The third kappa shape index (κ3) is 4.00. The van der Waals surface area contributed by atoms with E-state index in [1.807, 2.05) is 11.8 Å². The molecule has 0 spiro atoms. The van der Waals surface area contributed by atoms with E-state index >= 15 is 0 Å². The van der Waals surface area contributed by atoms with Gasteiger partial charge in [-0.2, -0.15) is 11.8 Å². The van der Waals surface area contributed by atoms with Crippen molar-refractivity contribution in [2.45, 2.75) is 18.2 Å². The number of thioether (sulfide) groups is 1. The maximum atomic E-state index is 12.4. The van der Waals surface area contributed by atoms with Gasteiger partial charge in [0.15, 0.2) is 0 Å². The number of hydrogen-bond acceptors (Lipinski definition) is 4. The van der Waals surface area contributed by atoms with Crippen molar-refractivity contribution in [1.29, 1.82) is 0 Å². The SMILES string of the molecule is Cc1cc(C(=O)O)cc(S(=O)(=O)NCC2CCSC2)c1Br. The van der Waals surface area contributed by atoms with Crippen molar-refractivity contribution in [3.63, 3.8) is 0 Å². The Bertz CT molecular complexity index is 654. The highest BCUT2D eigenvalue weighted by molar-refractivity contribution is 9.10. The molecule has 21 heavy (non-hydrogen) atoms. The van der Waals surface area contributed by atoms with Crippen LogP contribution in [0.2, 0.25) is 0 Å². The minimum absolute atomic E-state index is 0.0226. The van der Waals surface area contributed by atoms with Gasteiger partial charge in [0.05, 0.1) is 10.5 Å². The van der Waals surface area contributed by atoms with Crippen LogP contribution < -0.4 is 4.72 Å². The highest BCUT2D eigenvalue weighted by Crippen LogP contribution is 2.28. The molecular formula is C13H16BrNO4S2. The Morgan fingerprint density at radius 2 is 2.24 bits per heavy atom. The summed E-state index contributed by atoms with van der Waals surface area (Å²) in [6.45, 7) is 2.06. The second-order valence-corrected chi connectivity index (χ2v) is 8.67. The number of carboxylic acid groups (broad SMARTS) is 1. The van der Waals surface area contributed by atoms with Crippen LogP contribution in [0.25, 0.3) is 0 Å². The molecule has 0 radical (unpaired) electrons. The zero-order valence-electron chi connectivity index (χ0n) is 11.4. The Morgan fingerprint density at radius 3 is 2.81 bits per heavy atom. The molecule has 1 aromatic rings. The van der Waals surface area contributed by atoms with E-state index in [2.05, 4.69) is 20.7 Å². The number of nitrogens with one attached hydrogen (secondary N) is 1. The molecule has 0 aromatic heterocycles. The van der Waals surface area contributed by atoms with Gasteiger partial charge in [0.1, 0.15) is 0 Å². The molecule has 1 aromatic carbocycles. The number of benzene rings is 1. The summed E-state index contributed by atoms with van der Waals surface area (Å²) in [6, 6.07) is 2.63. The Kier molecular flexibility index (Phi) is 5.34. The molecule has 1 atom stereocenters. The zero-order chi connectivity index (χ0) is 15.6. The first-order chi connectivity index (χ1) is 9.81. The van der Waals surface area contributed by atoms with Crippen LogP contribution in [0, 0.1) is 12.8 Å². The van der Waals surface area contributed by atoms with E-state index in [-0.39, 0.29) is 10.5 Å². The topological polar surface area (TPSA) is 83.5 Å². The lowest BCUT2D eigenvalue weighted by atomic mass is 10.1. The van der Waals surface area contributed by atoms with Crippen LogP contribution in [0.3, 0.4) is 0 Å². The van der Waals surface area contributed by atoms with Crippen molar-refractivity contribution < 1.29 is 18.3 Å². The van der Waals surface area contributed by atoms with Crippen molar-refractivity contribution in [3.8, 4) is 0 Å². The van der Waals surface area contributed by atoms with Gasteiger partial charge in [0.25, 0.3) is 0 Å². The number of carboxylic acids is 1. The van der Waals surface area contributed by atoms with E-state index in [0.29, 0.717) is 22.5 Å². The normalized spacial score (nSPS) is 18.9. The van der Waals surface area contributed by atoms with Crippen molar-refractivity contribution in [2.24, 2.45) is 5.92 Å². The molecule has 0 aliphatic carbocycles. The van der Waals surface area contributed by atoms with E-state index in [1.54, 1.807) is 6.92 Å². The summed E-state index contributed by atoms with van der Waals surface area (Å²) < 4.78 is 27.8. The molecule has 0 amide bonds. The molecule has 2 N–H and O–H groups in total. The van der Waals surface area contributed by atoms with Crippen molar-refractivity contribution >= 4 is 43.7 Å². The maximum absolute atomic E-state index is 12.4. The summed E-state index contributed by atoms with van der Waals surface area (Å²) in [5.41, 5.74) is 0.541. The Hall–Kier alpha value is -0.570. The molecule has 0 bridgehead atoms. The summed E-state index contributed by atoms with van der Waals surface area (Å²) in [4.78, 5) is 11.1. The Balaban J connectivity index is 2.27. The molecule has 0 saturated carbocycles. The summed E-state index contributed by atoms with van der Waals surface area (Å²) in [6.07, 6.45) is 1.00. The lowest BCUT2D eigenvalue weighted by molar-refractivity contribution is 0.0696.